The second-order valence-electron chi connectivity index (χ2n) is 5.40. The van der Waals surface area contributed by atoms with E-state index in [9.17, 15) is 0 Å². The van der Waals surface area contributed by atoms with E-state index in [0.29, 0.717) is 12.2 Å². The van der Waals surface area contributed by atoms with E-state index in [0.717, 1.165) is 26.1 Å². The van der Waals surface area contributed by atoms with Crippen LogP contribution in [0.25, 0.3) is 10.8 Å². The summed E-state index contributed by atoms with van der Waals surface area (Å²) in [6.07, 6.45) is 2.91. The summed E-state index contributed by atoms with van der Waals surface area (Å²) in [6.45, 7) is 1.82. The molecule has 2 aliphatic rings. The molecule has 98 valence electrons. The Morgan fingerprint density at radius 2 is 1.74 bits per heavy atom. The zero-order valence-corrected chi connectivity index (χ0v) is 12.2. The zero-order valence-electron chi connectivity index (χ0n) is 10.6. The van der Waals surface area contributed by atoms with Crippen LogP contribution in [0, 0.1) is 0 Å². The fraction of sp³-hybridized carbons (Fsp3) is 0.375. The van der Waals surface area contributed by atoms with Gasteiger partial charge in [0.2, 0.25) is 0 Å². The predicted octanol–water partition coefficient (Wildman–Crippen LogP) is 3.48. The summed E-state index contributed by atoms with van der Waals surface area (Å²) in [7, 11) is 0. The number of benzene rings is 2. The molecule has 2 heterocycles. The molecule has 2 fully saturated rings. The highest BCUT2D eigenvalue weighted by Crippen LogP contribution is 2.31. The first-order chi connectivity index (χ1) is 9.29. The van der Waals surface area contributed by atoms with E-state index in [1.54, 1.807) is 0 Å². The second-order valence-corrected chi connectivity index (χ2v) is 6.25. The number of hydrogen-bond acceptors (Lipinski definition) is 2. The van der Waals surface area contributed by atoms with Gasteiger partial charge in [0, 0.05) is 17.3 Å². The quantitative estimate of drug-likeness (QED) is 0.806. The van der Waals surface area contributed by atoms with Gasteiger partial charge in [0.1, 0.15) is 0 Å². The smallest absolute Gasteiger partial charge is 0.0850 e. The summed E-state index contributed by atoms with van der Waals surface area (Å²) < 4.78 is 11.9. The predicted molar refractivity (Wildman–Crippen MR) is 78.5 cm³/mol. The lowest BCUT2D eigenvalue weighted by atomic mass is 9.98. The molecule has 3 heteroatoms. The lowest BCUT2D eigenvalue weighted by molar-refractivity contribution is 0.407. The Morgan fingerprint density at radius 1 is 1.00 bits per heavy atom. The minimum absolute atomic E-state index is 0.418. The summed E-state index contributed by atoms with van der Waals surface area (Å²) >= 11 is 3.67. The standard InChI is InChI=1S/C16H15BrO2/c17-16-4-2-11-5-10(6-12-8-18-12)1-3-14(11)15(16)7-13-9-19-13/h1-5,12-13H,6-9H2. The van der Waals surface area contributed by atoms with Crippen LogP contribution in [0.3, 0.4) is 0 Å². The first-order valence-electron chi connectivity index (χ1n) is 6.73. The highest BCUT2D eigenvalue weighted by molar-refractivity contribution is 9.10. The first-order valence-corrected chi connectivity index (χ1v) is 7.52. The molecular formula is C16H15BrO2. The Morgan fingerprint density at radius 3 is 2.47 bits per heavy atom. The summed E-state index contributed by atoms with van der Waals surface area (Å²) in [5.41, 5.74) is 2.74. The number of epoxide rings is 2. The molecule has 0 saturated carbocycles. The van der Waals surface area contributed by atoms with E-state index >= 15 is 0 Å². The molecule has 2 saturated heterocycles. The second kappa shape index (κ2) is 4.58. The minimum Gasteiger partial charge on any atom is -0.373 e. The maximum absolute atomic E-state index is 5.36. The van der Waals surface area contributed by atoms with Crippen molar-refractivity contribution in [3.8, 4) is 0 Å². The summed E-state index contributed by atoms with van der Waals surface area (Å²) in [6, 6.07) is 11.1. The molecular weight excluding hydrogens is 304 g/mol. The molecule has 2 unspecified atom stereocenters. The van der Waals surface area contributed by atoms with Crippen molar-refractivity contribution >= 4 is 26.7 Å². The molecule has 0 bridgehead atoms. The third-order valence-electron chi connectivity index (χ3n) is 3.84. The molecule has 0 aliphatic carbocycles. The van der Waals surface area contributed by atoms with Gasteiger partial charge in [-0.05, 0) is 28.0 Å². The average Bonchev–Trinajstić information content (AvgIpc) is 3.28. The van der Waals surface area contributed by atoms with Crippen LogP contribution in [0.1, 0.15) is 11.1 Å². The van der Waals surface area contributed by atoms with Crippen LogP contribution in [0.5, 0.6) is 0 Å². The molecule has 0 amide bonds. The fourth-order valence-electron chi connectivity index (χ4n) is 2.61. The molecule has 4 rings (SSSR count). The number of rotatable bonds is 4. The van der Waals surface area contributed by atoms with Gasteiger partial charge < -0.3 is 9.47 Å². The molecule has 2 aromatic carbocycles. The normalized spacial score (nSPS) is 24.7. The Bertz CT molecular complexity index is 630. The van der Waals surface area contributed by atoms with Crippen LogP contribution in [0.15, 0.2) is 34.8 Å². The Kier molecular flexibility index (Phi) is 2.87. The molecule has 0 spiro atoms. The van der Waals surface area contributed by atoms with E-state index in [1.807, 2.05) is 0 Å². The van der Waals surface area contributed by atoms with Gasteiger partial charge in [0.05, 0.1) is 25.4 Å². The largest absolute Gasteiger partial charge is 0.373 e. The van der Waals surface area contributed by atoms with E-state index in [1.165, 1.54) is 26.4 Å². The minimum atomic E-state index is 0.418. The number of fused-ring (bicyclic) bond motifs is 1. The van der Waals surface area contributed by atoms with Crippen LogP contribution in [0.2, 0.25) is 0 Å². The van der Waals surface area contributed by atoms with Crippen LogP contribution < -0.4 is 0 Å². The summed E-state index contributed by atoms with van der Waals surface area (Å²) in [5, 5.41) is 2.65. The van der Waals surface area contributed by atoms with E-state index in [-0.39, 0.29) is 0 Å². The highest BCUT2D eigenvalue weighted by atomic mass is 79.9. The van der Waals surface area contributed by atoms with Gasteiger partial charge in [-0.25, -0.2) is 0 Å². The van der Waals surface area contributed by atoms with Crippen molar-refractivity contribution in [1.82, 2.24) is 0 Å². The van der Waals surface area contributed by atoms with Gasteiger partial charge in [-0.1, -0.05) is 40.2 Å². The van der Waals surface area contributed by atoms with Crippen molar-refractivity contribution in [3.63, 3.8) is 0 Å². The maximum atomic E-state index is 5.36. The molecule has 0 aromatic heterocycles. The van der Waals surface area contributed by atoms with E-state index < -0.39 is 0 Å². The lowest BCUT2D eigenvalue weighted by Crippen LogP contribution is -1.97. The lowest BCUT2D eigenvalue weighted by Gasteiger charge is -2.09. The molecule has 0 N–H and O–H groups in total. The number of ether oxygens (including phenoxy) is 2. The van der Waals surface area contributed by atoms with Crippen LogP contribution in [-0.4, -0.2) is 25.4 Å². The maximum Gasteiger partial charge on any atom is 0.0850 e. The van der Waals surface area contributed by atoms with Crippen molar-refractivity contribution in [1.29, 1.82) is 0 Å². The highest BCUT2D eigenvalue weighted by Gasteiger charge is 2.25. The van der Waals surface area contributed by atoms with Gasteiger partial charge in [0.15, 0.2) is 0 Å². The van der Waals surface area contributed by atoms with Crippen LogP contribution in [-0.2, 0) is 22.3 Å². The van der Waals surface area contributed by atoms with Gasteiger partial charge in [-0.15, -0.1) is 0 Å². The molecule has 2 nitrogen and oxygen atoms in total. The number of hydrogen-bond donors (Lipinski definition) is 0. The topological polar surface area (TPSA) is 25.1 Å². The monoisotopic (exact) mass is 318 g/mol. The van der Waals surface area contributed by atoms with Gasteiger partial charge in [-0.3, -0.25) is 0 Å². The van der Waals surface area contributed by atoms with Crippen LogP contribution >= 0.6 is 15.9 Å². The van der Waals surface area contributed by atoms with Crippen molar-refractivity contribution in [2.75, 3.05) is 13.2 Å². The van der Waals surface area contributed by atoms with Gasteiger partial charge >= 0.3 is 0 Å². The summed E-state index contributed by atoms with van der Waals surface area (Å²) in [5.74, 6) is 0. The molecule has 2 aromatic rings. The third kappa shape index (κ3) is 2.55. The molecule has 2 aliphatic heterocycles. The average molecular weight is 319 g/mol. The molecule has 2 atom stereocenters. The van der Waals surface area contributed by atoms with E-state index in [4.69, 9.17) is 9.47 Å². The Hall–Kier alpha value is -0.900. The number of halogens is 1. The van der Waals surface area contributed by atoms with Crippen molar-refractivity contribution in [2.45, 2.75) is 25.0 Å². The fourth-order valence-corrected chi connectivity index (χ4v) is 3.12. The van der Waals surface area contributed by atoms with Gasteiger partial charge in [0.25, 0.3) is 0 Å². The summed E-state index contributed by atoms with van der Waals surface area (Å²) in [4.78, 5) is 0. The molecule has 0 radical (unpaired) electrons. The third-order valence-corrected chi connectivity index (χ3v) is 4.58. The Labute approximate surface area is 120 Å². The van der Waals surface area contributed by atoms with Gasteiger partial charge in [-0.2, -0.15) is 0 Å². The van der Waals surface area contributed by atoms with Crippen molar-refractivity contribution in [3.05, 3.63) is 45.9 Å². The van der Waals surface area contributed by atoms with E-state index in [2.05, 4.69) is 46.3 Å². The first kappa shape index (κ1) is 11.9. The van der Waals surface area contributed by atoms with Crippen LogP contribution in [0.4, 0.5) is 0 Å². The van der Waals surface area contributed by atoms with Crippen molar-refractivity contribution < 1.29 is 9.47 Å². The zero-order chi connectivity index (χ0) is 12.8. The van der Waals surface area contributed by atoms with Crippen molar-refractivity contribution in [2.24, 2.45) is 0 Å². The Balaban J connectivity index is 1.74. The molecule has 19 heavy (non-hydrogen) atoms. The SMILES string of the molecule is Brc1ccc2cc(CC3CO3)ccc2c1CC1CO1.